The Kier molecular flexibility index (Phi) is 6.42. The zero-order valence-corrected chi connectivity index (χ0v) is 28.6. The van der Waals surface area contributed by atoms with Crippen LogP contribution < -0.4 is 10.2 Å². The average Bonchev–Trinajstić information content (AvgIpc) is 3.90. The summed E-state index contributed by atoms with van der Waals surface area (Å²) in [4.78, 5) is 7.63. The number of hydrogen-bond donors (Lipinski definition) is 1. The Morgan fingerprint density at radius 2 is 1.23 bits per heavy atom. The number of anilines is 3. The van der Waals surface area contributed by atoms with Gasteiger partial charge in [-0.2, -0.15) is 0 Å². The molecule has 0 bridgehead atoms. The molecule has 0 aliphatic carbocycles. The van der Waals surface area contributed by atoms with Gasteiger partial charge in [0.05, 0.1) is 5.69 Å². The molecular weight excluding hydrogens is 659 g/mol. The van der Waals surface area contributed by atoms with E-state index in [0.29, 0.717) is 0 Å². The van der Waals surface area contributed by atoms with Crippen LogP contribution in [-0.4, -0.2) is 5.84 Å². The molecule has 1 aliphatic rings. The minimum atomic E-state index is -0.225. The van der Waals surface area contributed by atoms with Gasteiger partial charge in [0.15, 0.2) is 11.3 Å². The van der Waals surface area contributed by atoms with E-state index in [2.05, 4.69) is 138 Å². The molecule has 7 aromatic carbocycles. The van der Waals surface area contributed by atoms with Crippen molar-refractivity contribution in [1.82, 2.24) is 5.32 Å². The molecule has 11 rings (SSSR count). The van der Waals surface area contributed by atoms with E-state index in [0.717, 1.165) is 78.4 Å². The summed E-state index contributed by atoms with van der Waals surface area (Å²) >= 11 is 1.83. The summed E-state index contributed by atoms with van der Waals surface area (Å²) in [6, 6.07) is 57.0. The quantitative estimate of drug-likeness (QED) is 0.196. The number of furan rings is 2. The van der Waals surface area contributed by atoms with Crippen molar-refractivity contribution in [1.29, 1.82) is 0 Å². The van der Waals surface area contributed by atoms with Crippen LogP contribution in [0.3, 0.4) is 0 Å². The highest BCUT2D eigenvalue weighted by Gasteiger charge is 2.32. The van der Waals surface area contributed by atoms with Gasteiger partial charge in [-0.15, -0.1) is 11.3 Å². The molecule has 246 valence electrons. The number of nitrogens with zero attached hydrogens (tertiary/aromatic N) is 2. The summed E-state index contributed by atoms with van der Waals surface area (Å²) < 4.78 is 15.9. The minimum absolute atomic E-state index is 0.225. The van der Waals surface area contributed by atoms with E-state index in [1.54, 1.807) is 0 Å². The maximum absolute atomic E-state index is 6.88. The fraction of sp³-hybridized carbons (Fsp3) is 0.0217. The largest absolute Gasteiger partial charge is 0.456 e. The third-order valence-corrected chi connectivity index (χ3v) is 11.3. The fourth-order valence-corrected chi connectivity index (χ4v) is 8.86. The van der Waals surface area contributed by atoms with Gasteiger partial charge < -0.3 is 19.1 Å². The highest BCUT2D eigenvalue weighted by molar-refractivity contribution is 7.25. The lowest BCUT2D eigenvalue weighted by atomic mass is 9.98. The Bertz CT molecular complexity index is 3010. The lowest BCUT2D eigenvalue weighted by Crippen LogP contribution is -2.32. The van der Waals surface area contributed by atoms with Crippen molar-refractivity contribution in [3.63, 3.8) is 0 Å². The van der Waals surface area contributed by atoms with Gasteiger partial charge in [-0.05, 0) is 72.3 Å². The predicted octanol–water partition coefficient (Wildman–Crippen LogP) is 12.9. The van der Waals surface area contributed by atoms with Crippen molar-refractivity contribution in [2.75, 3.05) is 4.90 Å². The second-order valence-electron chi connectivity index (χ2n) is 13.1. The van der Waals surface area contributed by atoms with Crippen molar-refractivity contribution < 1.29 is 8.83 Å². The van der Waals surface area contributed by atoms with E-state index >= 15 is 0 Å². The van der Waals surface area contributed by atoms with Crippen LogP contribution in [0, 0.1) is 0 Å². The van der Waals surface area contributed by atoms with Crippen LogP contribution >= 0.6 is 11.3 Å². The molecule has 1 unspecified atom stereocenters. The molecule has 4 heterocycles. The molecule has 52 heavy (non-hydrogen) atoms. The first-order valence-corrected chi connectivity index (χ1v) is 18.2. The van der Waals surface area contributed by atoms with Gasteiger partial charge in [-0.1, -0.05) is 97.1 Å². The molecule has 1 N–H and O–H groups in total. The van der Waals surface area contributed by atoms with Gasteiger partial charge in [-0.25, -0.2) is 4.99 Å². The summed E-state index contributed by atoms with van der Waals surface area (Å²) in [5, 5.41) is 9.34. The second kappa shape index (κ2) is 11.5. The Morgan fingerprint density at radius 3 is 2.06 bits per heavy atom. The number of nitrogens with one attached hydrogen (secondary N) is 1. The lowest BCUT2D eigenvalue weighted by Gasteiger charge is -2.27. The predicted molar refractivity (Wildman–Crippen MR) is 215 cm³/mol. The van der Waals surface area contributed by atoms with Crippen LogP contribution in [0.2, 0.25) is 0 Å². The number of aliphatic imine (C=N–C) groups is 1. The second-order valence-corrected chi connectivity index (χ2v) is 14.2. The maximum atomic E-state index is 6.88. The van der Waals surface area contributed by atoms with E-state index in [9.17, 15) is 0 Å². The molecule has 5 nitrogen and oxygen atoms in total. The van der Waals surface area contributed by atoms with E-state index in [4.69, 9.17) is 13.8 Å². The maximum Gasteiger partial charge on any atom is 0.160 e. The van der Waals surface area contributed by atoms with Crippen molar-refractivity contribution in [2.24, 2.45) is 4.99 Å². The summed E-state index contributed by atoms with van der Waals surface area (Å²) in [5.41, 5.74) is 8.41. The SMILES string of the molecule is c1ccc(C2NC(c3ccc(N(c4ccccc4)c4ccc5sc6ccccc6c5c4)c4oc5ccccc5c34)=Nc3c2oc2ccccc32)cc1. The topological polar surface area (TPSA) is 53.9 Å². The Hall–Kier alpha value is -6.63. The molecule has 3 aromatic heterocycles. The fourth-order valence-electron chi connectivity index (χ4n) is 7.77. The molecule has 0 amide bonds. The number of para-hydroxylation sites is 3. The molecule has 1 aliphatic heterocycles. The molecule has 0 spiro atoms. The average molecular weight is 688 g/mol. The number of benzene rings is 7. The Balaban J connectivity index is 1.16. The zero-order valence-electron chi connectivity index (χ0n) is 27.8. The molecule has 0 fully saturated rings. The first kappa shape index (κ1) is 29.1. The van der Waals surface area contributed by atoms with Gasteiger partial charge in [0, 0.05) is 53.3 Å². The Labute approximate surface area is 302 Å². The van der Waals surface area contributed by atoms with Crippen LogP contribution in [0.4, 0.5) is 22.7 Å². The standard InChI is InChI=1S/C46H29N3O2S/c1-3-13-28(14-4-1)42-45-43(33-19-8-11-21-38(33)51-45)48-46(47-42)34-24-25-36(44-41(34)32-18-7-10-20-37(32)50-44)49(29-15-5-2-6-16-29)30-23-26-40-35(27-30)31-17-9-12-22-39(31)52-40/h1-27,42H,(H,47,48). The summed E-state index contributed by atoms with van der Waals surface area (Å²) in [6.07, 6.45) is 0. The monoisotopic (exact) mass is 687 g/mol. The Morgan fingerprint density at radius 1 is 0.558 bits per heavy atom. The zero-order chi connectivity index (χ0) is 34.2. The third-order valence-electron chi connectivity index (χ3n) is 10.1. The van der Waals surface area contributed by atoms with Gasteiger partial charge in [0.2, 0.25) is 0 Å². The van der Waals surface area contributed by atoms with Gasteiger partial charge in [0.1, 0.15) is 28.7 Å². The number of rotatable bonds is 5. The number of fused-ring (bicyclic) bond motifs is 9. The first-order valence-electron chi connectivity index (χ1n) is 17.4. The molecule has 6 heteroatoms. The molecule has 0 saturated carbocycles. The molecular formula is C46H29N3O2S. The lowest BCUT2D eigenvalue weighted by molar-refractivity contribution is 0.504. The number of thiophene rings is 1. The van der Waals surface area contributed by atoms with E-state index in [1.807, 2.05) is 47.7 Å². The summed E-state index contributed by atoms with van der Waals surface area (Å²) in [7, 11) is 0. The van der Waals surface area contributed by atoms with Crippen LogP contribution in [0.5, 0.6) is 0 Å². The van der Waals surface area contributed by atoms with Gasteiger partial charge in [0.25, 0.3) is 0 Å². The first-order chi connectivity index (χ1) is 25.8. The van der Waals surface area contributed by atoms with Crippen molar-refractivity contribution >= 4 is 93.0 Å². The van der Waals surface area contributed by atoms with E-state index in [1.165, 1.54) is 20.2 Å². The summed E-state index contributed by atoms with van der Waals surface area (Å²) in [6.45, 7) is 0. The third kappa shape index (κ3) is 4.44. The molecule has 0 radical (unpaired) electrons. The highest BCUT2D eigenvalue weighted by atomic mass is 32.1. The van der Waals surface area contributed by atoms with Crippen molar-refractivity contribution in [2.45, 2.75) is 6.04 Å². The van der Waals surface area contributed by atoms with Crippen LogP contribution in [0.25, 0.3) is 53.1 Å². The van der Waals surface area contributed by atoms with Crippen molar-refractivity contribution in [3.05, 3.63) is 181 Å². The molecule has 10 aromatic rings. The van der Waals surface area contributed by atoms with E-state index < -0.39 is 0 Å². The van der Waals surface area contributed by atoms with Crippen LogP contribution in [-0.2, 0) is 0 Å². The minimum Gasteiger partial charge on any atom is -0.456 e. The number of amidine groups is 1. The normalized spacial score (nSPS) is 14.2. The highest BCUT2D eigenvalue weighted by Crippen LogP contribution is 2.47. The smallest absolute Gasteiger partial charge is 0.160 e. The molecule has 0 saturated heterocycles. The number of hydrogen-bond acceptors (Lipinski definition) is 6. The van der Waals surface area contributed by atoms with Crippen LogP contribution in [0.1, 0.15) is 22.9 Å². The van der Waals surface area contributed by atoms with Crippen LogP contribution in [0.15, 0.2) is 178 Å². The van der Waals surface area contributed by atoms with Gasteiger partial charge >= 0.3 is 0 Å². The van der Waals surface area contributed by atoms with E-state index in [-0.39, 0.29) is 6.04 Å². The van der Waals surface area contributed by atoms with Crippen molar-refractivity contribution in [3.8, 4) is 0 Å². The summed E-state index contributed by atoms with van der Waals surface area (Å²) in [5.74, 6) is 1.58. The van der Waals surface area contributed by atoms with Gasteiger partial charge in [-0.3, -0.25) is 0 Å². The molecule has 1 atom stereocenters.